The zero-order valence-corrected chi connectivity index (χ0v) is 13.9. The highest BCUT2D eigenvalue weighted by Crippen LogP contribution is 2.30. The Hall–Kier alpha value is -2.48. The molecule has 2 aromatic rings. The molecule has 1 fully saturated rings. The molecule has 8 heteroatoms. The van der Waals surface area contributed by atoms with Crippen molar-refractivity contribution in [1.82, 2.24) is 4.98 Å². The summed E-state index contributed by atoms with van der Waals surface area (Å²) < 4.78 is 25.1. The number of carbonyl (C=O) groups excluding carboxylic acids is 2. The van der Waals surface area contributed by atoms with Gasteiger partial charge in [-0.25, -0.2) is 4.98 Å². The van der Waals surface area contributed by atoms with Crippen molar-refractivity contribution in [3.63, 3.8) is 0 Å². The van der Waals surface area contributed by atoms with Gasteiger partial charge in [-0.2, -0.15) is 8.78 Å². The van der Waals surface area contributed by atoms with Crippen molar-refractivity contribution in [2.75, 3.05) is 10.6 Å². The third kappa shape index (κ3) is 4.76. The van der Waals surface area contributed by atoms with Crippen molar-refractivity contribution in [2.45, 2.75) is 23.6 Å². The van der Waals surface area contributed by atoms with Crippen LogP contribution in [0.15, 0.2) is 47.6 Å². The second-order valence-electron chi connectivity index (χ2n) is 5.53. The minimum absolute atomic E-state index is 0.000751. The number of rotatable bonds is 6. The maximum Gasteiger partial charge on any atom is 0.290 e. The lowest BCUT2D eigenvalue weighted by molar-refractivity contribution is -0.117. The van der Waals surface area contributed by atoms with Crippen molar-refractivity contribution in [2.24, 2.45) is 5.92 Å². The second-order valence-corrected chi connectivity index (χ2v) is 6.51. The number of carbonyl (C=O) groups is 2. The van der Waals surface area contributed by atoms with Crippen molar-refractivity contribution in [3.05, 3.63) is 48.2 Å². The molecule has 0 radical (unpaired) electrons. The summed E-state index contributed by atoms with van der Waals surface area (Å²) >= 11 is 0.229. The van der Waals surface area contributed by atoms with Gasteiger partial charge < -0.3 is 10.6 Å². The highest BCUT2D eigenvalue weighted by atomic mass is 32.2. The molecule has 2 N–H and O–H groups in total. The Morgan fingerprint density at radius 3 is 2.32 bits per heavy atom. The number of hydrogen-bond acceptors (Lipinski definition) is 4. The predicted octanol–water partition coefficient (Wildman–Crippen LogP) is 4.00. The topological polar surface area (TPSA) is 71.1 Å². The van der Waals surface area contributed by atoms with Crippen LogP contribution in [0.3, 0.4) is 0 Å². The number of aromatic nitrogens is 1. The molecule has 1 aliphatic rings. The maximum atomic E-state index is 12.6. The summed E-state index contributed by atoms with van der Waals surface area (Å²) in [6.07, 6.45) is 3.20. The normalized spacial score (nSPS) is 13.6. The molecule has 0 aliphatic heterocycles. The third-order valence-corrected chi connectivity index (χ3v) is 4.30. The molecule has 0 spiro atoms. The van der Waals surface area contributed by atoms with Crippen LogP contribution in [-0.2, 0) is 4.79 Å². The van der Waals surface area contributed by atoms with E-state index in [1.807, 2.05) is 0 Å². The molecule has 0 bridgehead atoms. The number of anilines is 2. The summed E-state index contributed by atoms with van der Waals surface area (Å²) in [7, 11) is 0. The van der Waals surface area contributed by atoms with Crippen molar-refractivity contribution < 1.29 is 18.4 Å². The first-order chi connectivity index (χ1) is 12.0. The average molecular weight is 363 g/mol. The summed E-state index contributed by atoms with van der Waals surface area (Å²) in [4.78, 5) is 27.8. The number of benzene rings is 1. The SMILES string of the molecule is O=C(Nc1ccc(NC(=O)C2CC2)cc1)c1cccnc1SC(F)F. The van der Waals surface area contributed by atoms with Gasteiger partial charge in [0, 0.05) is 23.5 Å². The Morgan fingerprint density at radius 2 is 1.72 bits per heavy atom. The first kappa shape index (κ1) is 17.3. The van der Waals surface area contributed by atoms with Crippen LogP contribution in [0.4, 0.5) is 20.2 Å². The van der Waals surface area contributed by atoms with Gasteiger partial charge in [-0.3, -0.25) is 9.59 Å². The number of halogens is 2. The molecule has 5 nitrogen and oxygen atoms in total. The smallest absolute Gasteiger partial charge is 0.290 e. The van der Waals surface area contributed by atoms with E-state index >= 15 is 0 Å². The van der Waals surface area contributed by atoms with Gasteiger partial charge in [0.15, 0.2) is 0 Å². The fourth-order valence-corrected chi connectivity index (χ4v) is 2.75. The summed E-state index contributed by atoms with van der Waals surface area (Å²) in [5.41, 5.74) is 1.22. The quantitative estimate of drug-likeness (QED) is 0.761. The van der Waals surface area contributed by atoms with Crippen LogP contribution in [-0.4, -0.2) is 22.6 Å². The molecule has 1 aromatic carbocycles. The van der Waals surface area contributed by atoms with Crippen LogP contribution in [0.2, 0.25) is 0 Å². The van der Waals surface area contributed by atoms with E-state index in [1.165, 1.54) is 18.3 Å². The zero-order chi connectivity index (χ0) is 17.8. The van der Waals surface area contributed by atoms with Gasteiger partial charge in [0.2, 0.25) is 5.91 Å². The molecule has 1 saturated carbocycles. The Kier molecular flexibility index (Phi) is 5.28. The molecular formula is C17H15F2N3O2S. The molecular weight excluding hydrogens is 348 g/mol. The summed E-state index contributed by atoms with van der Waals surface area (Å²) in [6, 6.07) is 9.58. The van der Waals surface area contributed by atoms with E-state index in [0.29, 0.717) is 11.4 Å². The highest BCUT2D eigenvalue weighted by molar-refractivity contribution is 7.99. The van der Waals surface area contributed by atoms with Crippen LogP contribution in [0.25, 0.3) is 0 Å². The standard InChI is InChI=1S/C17H15F2N3O2S/c18-17(19)25-16-13(2-1-9-20-16)15(24)22-12-7-5-11(6-8-12)21-14(23)10-3-4-10/h1-2,5-10,17H,3-4H2,(H,21,23)(H,22,24). The molecule has 2 amide bonds. The lowest BCUT2D eigenvalue weighted by Crippen LogP contribution is -2.15. The first-order valence-electron chi connectivity index (χ1n) is 7.65. The van der Waals surface area contributed by atoms with E-state index in [1.54, 1.807) is 24.3 Å². The van der Waals surface area contributed by atoms with Gasteiger partial charge >= 0.3 is 0 Å². The minimum atomic E-state index is -2.66. The largest absolute Gasteiger partial charge is 0.326 e. The molecule has 0 atom stereocenters. The van der Waals surface area contributed by atoms with Gasteiger partial charge in [-0.15, -0.1) is 0 Å². The van der Waals surface area contributed by atoms with Gasteiger partial charge in [0.25, 0.3) is 11.7 Å². The summed E-state index contributed by atoms with van der Waals surface area (Å²) in [6.45, 7) is 0. The van der Waals surface area contributed by atoms with Crippen molar-refractivity contribution in [1.29, 1.82) is 0 Å². The number of alkyl halides is 2. The van der Waals surface area contributed by atoms with E-state index in [9.17, 15) is 18.4 Å². The van der Waals surface area contributed by atoms with Crippen LogP contribution < -0.4 is 10.6 Å². The Bertz CT molecular complexity index is 780. The molecule has 0 saturated heterocycles. The summed E-state index contributed by atoms with van der Waals surface area (Å²) in [5, 5.41) is 5.41. The number of thioether (sulfide) groups is 1. The third-order valence-electron chi connectivity index (χ3n) is 3.57. The highest BCUT2D eigenvalue weighted by Gasteiger charge is 2.29. The van der Waals surface area contributed by atoms with Gasteiger partial charge in [-0.1, -0.05) is 0 Å². The molecule has 1 aromatic heterocycles. The number of amides is 2. The van der Waals surface area contributed by atoms with Crippen LogP contribution in [0.5, 0.6) is 0 Å². The fraction of sp³-hybridized carbons (Fsp3) is 0.235. The van der Waals surface area contributed by atoms with Crippen molar-refractivity contribution >= 4 is 35.0 Å². The molecule has 25 heavy (non-hydrogen) atoms. The second kappa shape index (κ2) is 7.60. The monoisotopic (exact) mass is 363 g/mol. The molecule has 1 heterocycles. The Balaban J connectivity index is 1.65. The van der Waals surface area contributed by atoms with E-state index in [0.717, 1.165) is 12.8 Å². The molecule has 0 unspecified atom stereocenters. The lowest BCUT2D eigenvalue weighted by Gasteiger charge is -2.10. The number of pyridine rings is 1. The van der Waals surface area contributed by atoms with Gasteiger partial charge in [0.05, 0.1) is 5.56 Å². The Labute approximate surface area is 147 Å². The van der Waals surface area contributed by atoms with E-state index in [2.05, 4.69) is 15.6 Å². The molecule has 1 aliphatic carbocycles. The number of hydrogen-bond donors (Lipinski definition) is 2. The van der Waals surface area contributed by atoms with Crippen LogP contribution >= 0.6 is 11.8 Å². The average Bonchev–Trinajstić information content (AvgIpc) is 3.41. The predicted molar refractivity (Wildman–Crippen MR) is 91.8 cm³/mol. The molecule has 130 valence electrons. The van der Waals surface area contributed by atoms with E-state index < -0.39 is 11.7 Å². The van der Waals surface area contributed by atoms with Crippen LogP contribution in [0, 0.1) is 5.92 Å². The van der Waals surface area contributed by atoms with Gasteiger partial charge in [-0.05, 0) is 61.0 Å². The summed E-state index contributed by atoms with van der Waals surface area (Å²) in [5.74, 6) is -3.07. The van der Waals surface area contributed by atoms with E-state index in [4.69, 9.17) is 0 Å². The van der Waals surface area contributed by atoms with Crippen molar-refractivity contribution in [3.8, 4) is 0 Å². The number of nitrogens with one attached hydrogen (secondary N) is 2. The number of nitrogens with zero attached hydrogens (tertiary/aromatic N) is 1. The zero-order valence-electron chi connectivity index (χ0n) is 13.0. The van der Waals surface area contributed by atoms with E-state index in [-0.39, 0.29) is 34.2 Å². The van der Waals surface area contributed by atoms with Gasteiger partial charge in [0.1, 0.15) is 5.03 Å². The van der Waals surface area contributed by atoms with Crippen LogP contribution in [0.1, 0.15) is 23.2 Å². The first-order valence-corrected chi connectivity index (χ1v) is 8.53. The maximum absolute atomic E-state index is 12.6. The Morgan fingerprint density at radius 1 is 1.08 bits per heavy atom. The lowest BCUT2D eigenvalue weighted by atomic mass is 10.2. The minimum Gasteiger partial charge on any atom is -0.326 e. The molecule has 3 rings (SSSR count). The fourth-order valence-electron chi connectivity index (χ4n) is 2.17.